The van der Waals surface area contributed by atoms with Gasteiger partial charge in [-0.25, -0.2) is 0 Å². The molecule has 77 heavy (non-hydrogen) atoms. The SMILES string of the molecule is CC1(C(F)(F)F)C=C(C(F)(F)F)C=CC1c1ccc2c(c1)c1ccccc1n2-c1cc(C#N)c(-n2c3c(c4cc(-c5ccc(C(F)(F)F)cc5C(F)(F)F)ccc42)CCC=C3)cc1-c1cc(C(F)(F)F)cc(C(F)(F)F)c1. The van der Waals surface area contributed by atoms with Crippen LogP contribution in [0.4, 0.5) is 79.0 Å². The topological polar surface area (TPSA) is 33.6 Å². The third-order valence-electron chi connectivity index (χ3n) is 14.1. The number of hydrogen-bond donors (Lipinski definition) is 0. The zero-order valence-corrected chi connectivity index (χ0v) is 38.9. The van der Waals surface area contributed by atoms with Crippen LogP contribution in [-0.4, -0.2) is 21.5 Å². The number of nitriles is 1. The van der Waals surface area contributed by atoms with Gasteiger partial charge < -0.3 is 9.13 Å². The predicted molar refractivity (Wildman–Crippen MR) is 251 cm³/mol. The quantitative estimate of drug-likeness (QED) is 0.158. The number of halogens is 18. The highest BCUT2D eigenvalue weighted by Crippen LogP contribution is 2.55. The van der Waals surface area contributed by atoms with Gasteiger partial charge >= 0.3 is 37.1 Å². The summed E-state index contributed by atoms with van der Waals surface area (Å²) in [5, 5.41) is 11.6. The fraction of sp³-hybridized carbons (Fsp3) is 0.196. The van der Waals surface area contributed by atoms with E-state index in [4.69, 9.17) is 0 Å². The molecule has 2 aromatic heterocycles. The lowest BCUT2D eigenvalue weighted by Crippen LogP contribution is -2.40. The van der Waals surface area contributed by atoms with Gasteiger partial charge in [0.1, 0.15) is 6.07 Å². The molecule has 0 fully saturated rings. The second-order valence-corrected chi connectivity index (χ2v) is 18.8. The van der Waals surface area contributed by atoms with Crippen LogP contribution in [0.15, 0.2) is 139 Å². The first-order chi connectivity index (χ1) is 35.8. The van der Waals surface area contributed by atoms with Crippen molar-refractivity contribution in [3.8, 4) is 39.7 Å². The molecule has 2 aliphatic carbocycles. The molecule has 2 heterocycles. The van der Waals surface area contributed by atoms with Crippen LogP contribution < -0.4 is 0 Å². The van der Waals surface area contributed by atoms with Crippen LogP contribution in [0, 0.1) is 16.7 Å². The van der Waals surface area contributed by atoms with E-state index in [1.807, 2.05) is 6.07 Å². The van der Waals surface area contributed by atoms with Crippen molar-refractivity contribution in [2.75, 3.05) is 0 Å². The molecule has 0 aliphatic heterocycles. The molecular formula is C56H31F18N3. The number of hydrogen-bond acceptors (Lipinski definition) is 1. The highest BCUT2D eigenvalue weighted by molar-refractivity contribution is 6.10. The Morgan fingerprint density at radius 2 is 1.17 bits per heavy atom. The summed E-state index contributed by atoms with van der Waals surface area (Å²) < 4.78 is 261. The summed E-state index contributed by atoms with van der Waals surface area (Å²) in [6, 6.07) is 19.8. The number of para-hydroxylation sites is 1. The molecule has 0 radical (unpaired) electrons. The van der Waals surface area contributed by atoms with E-state index in [1.165, 1.54) is 75.9 Å². The van der Waals surface area contributed by atoms with Gasteiger partial charge in [0.2, 0.25) is 0 Å². The molecule has 0 saturated heterocycles. The van der Waals surface area contributed by atoms with Gasteiger partial charge in [-0.1, -0.05) is 60.7 Å². The van der Waals surface area contributed by atoms with Crippen molar-refractivity contribution >= 4 is 38.8 Å². The molecular weight excluding hydrogens is 1060 g/mol. The number of aromatic nitrogens is 2. The normalized spacial score (nSPS) is 17.6. The van der Waals surface area contributed by atoms with E-state index in [9.17, 15) is 84.3 Å². The summed E-state index contributed by atoms with van der Waals surface area (Å²) >= 11 is 0. The molecule has 2 aliphatic rings. The second-order valence-electron chi connectivity index (χ2n) is 18.8. The van der Waals surface area contributed by atoms with Gasteiger partial charge in [0.25, 0.3) is 0 Å². The predicted octanol–water partition coefficient (Wildman–Crippen LogP) is 18.7. The smallest absolute Gasteiger partial charge is 0.309 e. The summed E-state index contributed by atoms with van der Waals surface area (Å²) in [5.41, 5.74) is -12.8. The molecule has 3 nitrogen and oxygen atoms in total. The Labute approximate surface area is 422 Å². The number of benzene rings is 6. The molecule has 0 spiro atoms. The van der Waals surface area contributed by atoms with E-state index < -0.39 is 87.3 Å². The summed E-state index contributed by atoms with van der Waals surface area (Å²) in [7, 11) is 0. The van der Waals surface area contributed by atoms with Crippen molar-refractivity contribution in [2.24, 2.45) is 5.41 Å². The molecule has 8 aromatic rings. The number of aryl methyl sites for hydroxylation is 1. The van der Waals surface area contributed by atoms with Crippen LogP contribution in [0.3, 0.4) is 0 Å². The molecule has 2 atom stereocenters. The first-order valence-electron chi connectivity index (χ1n) is 22.9. The first kappa shape index (κ1) is 52.5. The number of fused-ring (bicyclic) bond motifs is 6. The Kier molecular flexibility index (Phi) is 12.0. The molecule has 0 bridgehead atoms. The fourth-order valence-corrected chi connectivity index (χ4v) is 10.4. The minimum Gasteiger partial charge on any atom is -0.309 e. The maximum Gasteiger partial charge on any atom is 0.417 e. The molecule has 6 aromatic carbocycles. The Hall–Kier alpha value is -7.89. The Morgan fingerprint density at radius 1 is 0.532 bits per heavy atom. The van der Waals surface area contributed by atoms with Crippen molar-refractivity contribution in [3.05, 3.63) is 184 Å². The Morgan fingerprint density at radius 3 is 1.79 bits per heavy atom. The van der Waals surface area contributed by atoms with Gasteiger partial charge in [-0.15, -0.1) is 0 Å². The largest absolute Gasteiger partial charge is 0.417 e. The first-order valence-corrected chi connectivity index (χ1v) is 22.9. The monoisotopic (exact) mass is 1090 g/mol. The lowest BCUT2D eigenvalue weighted by Gasteiger charge is -2.38. The van der Waals surface area contributed by atoms with Crippen molar-refractivity contribution < 1.29 is 79.0 Å². The Balaban J connectivity index is 1.26. The summed E-state index contributed by atoms with van der Waals surface area (Å²) in [6.45, 7) is 0.602. The van der Waals surface area contributed by atoms with E-state index in [0.717, 1.165) is 12.1 Å². The van der Waals surface area contributed by atoms with Crippen LogP contribution in [0.25, 0.3) is 72.4 Å². The van der Waals surface area contributed by atoms with Crippen molar-refractivity contribution in [1.29, 1.82) is 5.26 Å². The third-order valence-corrected chi connectivity index (χ3v) is 14.1. The number of rotatable bonds is 5. The zero-order chi connectivity index (χ0) is 55.7. The van der Waals surface area contributed by atoms with E-state index in [2.05, 4.69) is 0 Å². The van der Waals surface area contributed by atoms with Gasteiger partial charge in [0.15, 0.2) is 0 Å². The standard InChI is InChI=1S/C56H31F18N3/c1-50(56(72,73)74)26-33(52(60,61)62)13-15-42(50)29-11-17-47-41(21-29)38-7-3-5-9-45(38)77(47)49-22-31(27-75)48(25-39(49)30-18-34(53(63,64)65)23-35(19-30)54(66,67)68)76-44-8-4-2-6-37(44)40-20-28(10-16-46(40)76)36-14-12-32(51(57,58)59)24-43(36)55(69,70)71/h3-5,7-26,42H,2,6H2,1H3. The van der Waals surface area contributed by atoms with Crippen LogP contribution in [-0.2, 0) is 31.1 Å². The highest BCUT2D eigenvalue weighted by atomic mass is 19.4. The maximum absolute atomic E-state index is 14.9. The highest BCUT2D eigenvalue weighted by Gasteiger charge is 2.57. The van der Waals surface area contributed by atoms with E-state index in [-0.39, 0.29) is 96.7 Å². The van der Waals surface area contributed by atoms with Crippen LogP contribution >= 0.6 is 0 Å². The minimum absolute atomic E-state index is 0.0234. The lowest BCUT2D eigenvalue weighted by molar-refractivity contribution is -0.205. The molecule has 0 N–H and O–H groups in total. The van der Waals surface area contributed by atoms with E-state index >= 15 is 0 Å². The van der Waals surface area contributed by atoms with Gasteiger partial charge in [-0.05, 0) is 126 Å². The average molecular weight is 1090 g/mol. The number of alkyl halides is 18. The van der Waals surface area contributed by atoms with Crippen molar-refractivity contribution in [1.82, 2.24) is 9.13 Å². The molecule has 10 rings (SSSR count). The van der Waals surface area contributed by atoms with E-state index in [0.29, 0.717) is 49.2 Å². The van der Waals surface area contributed by atoms with Gasteiger partial charge in [-0.3, -0.25) is 0 Å². The fourth-order valence-electron chi connectivity index (χ4n) is 10.4. The maximum atomic E-state index is 14.9. The lowest BCUT2D eigenvalue weighted by atomic mass is 9.69. The summed E-state index contributed by atoms with van der Waals surface area (Å²) in [4.78, 5) is 0. The number of nitrogens with zero attached hydrogens (tertiary/aromatic N) is 3. The molecule has 21 heteroatoms. The molecule has 2 unspecified atom stereocenters. The van der Waals surface area contributed by atoms with Crippen molar-refractivity contribution in [3.63, 3.8) is 0 Å². The minimum atomic E-state index is -5.37. The second kappa shape index (κ2) is 17.6. The molecule has 396 valence electrons. The average Bonchev–Trinajstić information content (AvgIpc) is 4.01. The number of allylic oxidation sites excluding steroid dienone is 5. The van der Waals surface area contributed by atoms with Gasteiger partial charge in [0, 0.05) is 33.3 Å². The summed E-state index contributed by atoms with van der Waals surface area (Å²) in [6.07, 6.45) is -26.3. The van der Waals surface area contributed by atoms with Crippen LogP contribution in [0.5, 0.6) is 0 Å². The molecule has 0 amide bonds. The molecule has 0 saturated carbocycles. The van der Waals surface area contributed by atoms with Gasteiger partial charge in [-0.2, -0.15) is 84.3 Å². The van der Waals surface area contributed by atoms with Crippen LogP contribution in [0.1, 0.15) is 63.9 Å². The van der Waals surface area contributed by atoms with Crippen LogP contribution in [0.2, 0.25) is 0 Å². The Bertz CT molecular complexity index is 3850. The third kappa shape index (κ3) is 8.98. The van der Waals surface area contributed by atoms with E-state index in [1.54, 1.807) is 12.2 Å². The zero-order valence-electron chi connectivity index (χ0n) is 38.9. The summed E-state index contributed by atoms with van der Waals surface area (Å²) in [5.74, 6) is -1.75. The van der Waals surface area contributed by atoms with Crippen molar-refractivity contribution in [2.45, 2.75) is 62.7 Å². The van der Waals surface area contributed by atoms with Gasteiger partial charge in [0.05, 0.1) is 66.7 Å².